The lowest BCUT2D eigenvalue weighted by Crippen LogP contribution is -2.41. The van der Waals surface area contributed by atoms with Crippen molar-refractivity contribution < 1.29 is 29.9 Å². The number of aliphatic hydroxyl groups is 4. The van der Waals surface area contributed by atoms with Gasteiger partial charge in [0.05, 0.1) is 19.3 Å². The Balaban J connectivity index is 1.68. The van der Waals surface area contributed by atoms with Gasteiger partial charge in [-0.15, -0.1) is 0 Å². The van der Waals surface area contributed by atoms with Crippen molar-refractivity contribution in [2.75, 3.05) is 13.2 Å². The van der Waals surface area contributed by atoms with Gasteiger partial charge >= 0.3 is 0 Å². The lowest BCUT2D eigenvalue weighted by Gasteiger charge is -2.30. The molecule has 4 unspecified atom stereocenters. The molecule has 4 atom stereocenters. The van der Waals surface area contributed by atoms with Crippen molar-refractivity contribution in [3.05, 3.63) is 47.2 Å². The van der Waals surface area contributed by atoms with Gasteiger partial charge in [-0.05, 0) is 37.8 Å². The molecule has 0 spiro atoms. The van der Waals surface area contributed by atoms with E-state index in [1.165, 1.54) is 17.2 Å². The molecule has 1 aromatic carbocycles. The van der Waals surface area contributed by atoms with E-state index >= 15 is 0 Å². The van der Waals surface area contributed by atoms with Gasteiger partial charge in [0.15, 0.2) is 6.29 Å². The molecule has 1 aliphatic rings. The van der Waals surface area contributed by atoms with Crippen LogP contribution in [0, 0.1) is 6.92 Å². The van der Waals surface area contributed by atoms with Crippen LogP contribution < -0.4 is 0 Å². The van der Waals surface area contributed by atoms with Crippen LogP contribution in [-0.2, 0) is 15.9 Å². The van der Waals surface area contributed by atoms with E-state index in [1.807, 2.05) is 19.1 Å². The quantitative estimate of drug-likeness (QED) is 0.569. The first-order chi connectivity index (χ1) is 11.5. The second-order valence-corrected chi connectivity index (χ2v) is 6.10. The summed E-state index contributed by atoms with van der Waals surface area (Å²) in [4.78, 5) is 0. The smallest absolute Gasteiger partial charge is 0.188 e. The second kappa shape index (κ2) is 9.15. The second-order valence-electron chi connectivity index (χ2n) is 6.10. The van der Waals surface area contributed by atoms with E-state index in [9.17, 15) is 15.3 Å². The molecule has 134 valence electrons. The fourth-order valence-corrected chi connectivity index (χ4v) is 2.50. The molecule has 0 saturated heterocycles. The summed E-state index contributed by atoms with van der Waals surface area (Å²) in [5.74, 6) is -0.206. The van der Waals surface area contributed by atoms with Gasteiger partial charge in [0, 0.05) is 0 Å². The van der Waals surface area contributed by atoms with Gasteiger partial charge in [-0.1, -0.05) is 29.8 Å². The number of aliphatic hydroxyl groups excluding tert-OH is 4. The third-order valence-electron chi connectivity index (χ3n) is 4.03. The van der Waals surface area contributed by atoms with E-state index < -0.39 is 31.2 Å². The molecular formula is C18H26O6. The normalized spacial score (nSPS) is 25.3. The van der Waals surface area contributed by atoms with Crippen LogP contribution in [-0.4, -0.2) is 58.2 Å². The molecule has 2 rings (SSSR count). The van der Waals surface area contributed by atoms with Gasteiger partial charge in [-0.25, -0.2) is 0 Å². The van der Waals surface area contributed by atoms with Crippen LogP contribution in [0.1, 0.15) is 24.0 Å². The average Bonchev–Trinajstić information content (AvgIpc) is 2.56. The van der Waals surface area contributed by atoms with Crippen LogP contribution in [0.15, 0.2) is 36.1 Å². The minimum atomic E-state index is -1.10. The summed E-state index contributed by atoms with van der Waals surface area (Å²) in [5, 5.41) is 38.3. The molecular weight excluding hydrogens is 312 g/mol. The van der Waals surface area contributed by atoms with Crippen molar-refractivity contribution in [2.24, 2.45) is 0 Å². The first-order valence-corrected chi connectivity index (χ1v) is 8.20. The van der Waals surface area contributed by atoms with Gasteiger partial charge in [0.2, 0.25) is 0 Å². The SMILES string of the molecule is Cc1ccc(CCC(O)CCOC2OC(CO)C(O)=CC2O)cc1. The molecule has 1 aromatic rings. The third kappa shape index (κ3) is 5.58. The van der Waals surface area contributed by atoms with Gasteiger partial charge in [0.25, 0.3) is 0 Å². The maximum Gasteiger partial charge on any atom is 0.188 e. The Hall–Kier alpha value is -1.44. The zero-order valence-corrected chi connectivity index (χ0v) is 13.8. The summed E-state index contributed by atoms with van der Waals surface area (Å²) in [6, 6.07) is 8.21. The van der Waals surface area contributed by atoms with Crippen LogP contribution in [0.5, 0.6) is 0 Å². The first kappa shape index (κ1) is 18.9. The topological polar surface area (TPSA) is 99.4 Å². The molecule has 24 heavy (non-hydrogen) atoms. The summed E-state index contributed by atoms with van der Waals surface area (Å²) in [6.07, 6.45) is -0.427. The molecule has 1 aliphatic heterocycles. The maximum atomic E-state index is 10.0. The number of aryl methyl sites for hydroxylation is 2. The van der Waals surface area contributed by atoms with Crippen molar-refractivity contribution in [3.8, 4) is 0 Å². The van der Waals surface area contributed by atoms with Crippen molar-refractivity contribution in [1.82, 2.24) is 0 Å². The highest BCUT2D eigenvalue weighted by Crippen LogP contribution is 2.19. The van der Waals surface area contributed by atoms with Crippen LogP contribution in [0.2, 0.25) is 0 Å². The fourth-order valence-electron chi connectivity index (χ4n) is 2.50. The van der Waals surface area contributed by atoms with Crippen LogP contribution in [0.25, 0.3) is 0 Å². The Bertz CT molecular complexity index is 527. The highest BCUT2D eigenvalue weighted by atomic mass is 16.7. The first-order valence-electron chi connectivity index (χ1n) is 8.20. The number of ether oxygens (including phenoxy) is 2. The molecule has 0 saturated carbocycles. The zero-order chi connectivity index (χ0) is 17.5. The Labute approximate surface area is 142 Å². The maximum absolute atomic E-state index is 10.0. The van der Waals surface area contributed by atoms with Crippen LogP contribution in [0.3, 0.4) is 0 Å². The largest absolute Gasteiger partial charge is 0.510 e. The molecule has 0 aromatic heterocycles. The van der Waals surface area contributed by atoms with E-state index in [0.717, 1.165) is 6.42 Å². The van der Waals surface area contributed by atoms with Crippen molar-refractivity contribution in [2.45, 2.75) is 50.8 Å². The van der Waals surface area contributed by atoms with Crippen LogP contribution >= 0.6 is 0 Å². The minimum absolute atomic E-state index is 0.206. The standard InChI is InChI=1S/C18H26O6/c1-12-2-4-13(5-3-12)6-7-14(20)8-9-23-18-16(22)10-15(21)17(11-19)24-18/h2-5,10,14,16-22H,6-9,11H2,1H3. The Morgan fingerprint density at radius 1 is 1.21 bits per heavy atom. The van der Waals surface area contributed by atoms with E-state index in [0.29, 0.717) is 12.8 Å². The highest BCUT2D eigenvalue weighted by Gasteiger charge is 2.31. The summed E-state index contributed by atoms with van der Waals surface area (Å²) in [7, 11) is 0. The lowest BCUT2D eigenvalue weighted by molar-refractivity contribution is -0.220. The molecule has 0 fully saturated rings. The van der Waals surface area contributed by atoms with Crippen LogP contribution in [0.4, 0.5) is 0 Å². The Morgan fingerprint density at radius 2 is 1.92 bits per heavy atom. The molecule has 1 heterocycles. The number of rotatable bonds is 8. The van der Waals surface area contributed by atoms with E-state index in [4.69, 9.17) is 14.6 Å². The van der Waals surface area contributed by atoms with Gasteiger partial charge in [-0.2, -0.15) is 0 Å². The molecule has 4 N–H and O–H groups in total. The Morgan fingerprint density at radius 3 is 2.58 bits per heavy atom. The molecule has 0 bridgehead atoms. The van der Waals surface area contributed by atoms with Gasteiger partial charge in [0.1, 0.15) is 18.0 Å². The Kier molecular flexibility index (Phi) is 7.20. The number of hydrogen-bond acceptors (Lipinski definition) is 6. The summed E-state index contributed by atoms with van der Waals surface area (Å²) in [5.41, 5.74) is 2.39. The van der Waals surface area contributed by atoms with Crippen molar-refractivity contribution in [3.63, 3.8) is 0 Å². The fraction of sp³-hybridized carbons (Fsp3) is 0.556. The molecule has 0 radical (unpaired) electrons. The van der Waals surface area contributed by atoms with Gasteiger partial charge < -0.3 is 29.9 Å². The van der Waals surface area contributed by atoms with Gasteiger partial charge in [-0.3, -0.25) is 0 Å². The predicted molar refractivity (Wildman–Crippen MR) is 88.5 cm³/mol. The summed E-state index contributed by atoms with van der Waals surface area (Å²) in [6.45, 7) is 1.85. The monoisotopic (exact) mass is 338 g/mol. The zero-order valence-electron chi connectivity index (χ0n) is 13.8. The van der Waals surface area contributed by atoms with E-state index in [1.54, 1.807) is 0 Å². The highest BCUT2D eigenvalue weighted by molar-refractivity contribution is 5.21. The summed E-state index contributed by atoms with van der Waals surface area (Å²) >= 11 is 0. The van der Waals surface area contributed by atoms with E-state index in [2.05, 4.69) is 12.1 Å². The summed E-state index contributed by atoms with van der Waals surface area (Å²) < 4.78 is 10.7. The predicted octanol–water partition coefficient (Wildman–Crippen LogP) is 1.22. The van der Waals surface area contributed by atoms with Crippen molar-refractivity contribution >= 4 is 0 Å². The molecule has 6 heteroatoms. The third-order valence-corrected chi connectivity index (χ3v) is 4.03. The lowest BCUT2D eigenvalue weighted by atomic mass is 10.0. The minimum Gasteiger partial charge on any atom is -0.510 e. The average molecular weight is 338 g/mol. The van der Waals surface area contributed by atoms with Crippen molar-refractivity contribution in [1.29, 1.82) is 0 Å². The molecule has 6 nitrogen and oxygen atoms in total. The molecule has 0 amide bonds. The number of hydrogen-bond donors (Lipinski definition) is 4. The molecule has 0 aliphatic carbocycles. The number of benzene rings is 1. The van der Waals surface area contributed by atoms with E-state index in [-0.39, 0.29) is 12.4 Å².